The molecule has 0 amide bonds. The van der Waals surface area contributed by atoms with E-state index in [2.05, 4.69) is 0 Å². The van der Waals surface area contributed by atoms with Crippen LogP contribution in [0.4, 0.5) is 0 Å². The Bertz CT molecular complexity index is 347. The Labute approximate surface area is 217 Å². The first-order valence-electron chi connectivity index (χ1n) is 2.10. The molecule has 0 atom stereocenters. The van der Waals surface area contributed by atoms with E-state index < -0.39 is 31.2 Å². The van der Waals surface area contributed by atoms with Gasteiger partial charge in [-0.3, -0.25) is 27.3 Å². The van der Waals surface area contributed by atoms with Gasteiger partial charge in [0, 0.05) is 34.7 Å². The molecule has 0 spiro atoms. The minimum Gasteiger partial charge on any atom is -0.412 e. The second-order valence-corrected chi connectivity index (χ2v) is 4.03. The van der Waals surface area contributed by atoms with E-state index in [9.17, 15) is 0 Å². The first kappa shape index (κ1) is 282. The normalized spacial score (nSPS) is 4.97. The zero-order valence-corrected chi connectivity index (χ0v) is 21.3. The maximum atomic E-state index is 8.74. The van der Waals surface area contributed by atoms with Crippen LogP contribution in [0, 0.1) is 0 Å². The van der Waals surface area contributed by atoms with Crippen LogP contribution in [0.3, 0.4) is 0 Å². The Morgan fingerprint density at radius 3 is 0.229 bits per heavy atom. The molecule has 0 saturated heterocycles. The van der Waals surface area contributed by atoms with Gasteiger partial charge in [-0.15, -0.1) is 0 Å². The molecule has 0 rings (SSSR count). The Morgan fingerprint density at radius 1 is 0.229 bits per heavy atom. The average molecular weight is 672 g/mol. The largest absolute Gasteiger partial charge is 0.412 e. The molecule has 35 heteroatoms. The SMILES string of the molecule is O.O.O.O.O.O.O.O.O.O.O.O.O.O.O.O.O.O.O=S(=O)(O)O.O=S(=O)(O)O.O=S(=O)(O)O.[Al].[Al]. The van der Waals surface area contributed by atoms with Crippen LogP contribution in [0.15, 0.2) is 0 Å². The van der Waals surface area contributed by atoms with Crippen molar-refractivity contribution in [3.8, 4) is 0 Å². The summed E-state index contributed by atoms with van der Waals surface area (Å²) in [5, 5.41) is 0. The predicted molar refractivity (Wildman–Crippen MR) is 119 cm³/mol. The highest BCUT2D eigenvalue weighted by Gasteiger charge is 1.85. The van der Waals surface area contributed by atoms with Gasteiger partial charge in [-0.1, -0.05) is 0 Å². The molecule has 0 bridgehead atoms. The van der Waals surface area contributed by atoms with Gasteiger partial charge < -0.3 is 98.6 Å². The Morgan fingerprint density at radius 2 is 0.229 bits per heavy atom. The van der Waals surface area contributed by atoms with Crippen molar-refractivity contribution in [1.29, 1.82) is 0 Å². The molecule has 35 heavy (non-hydrogen) atoms. The Kier molecular flexibility index (Phi) is 922. The second kappa shape index (κ2) is 114. The quantitative estimate of drug-likeness (QED) is 0.103. The maximum absolute atomic E-state index is 8.74. The van der Waals surface area contributed by atoms with E-state index in [0.29, 0.717) is 0 Å². The van der Waals surface area contributed by atoms with Crippen LogP contribution in [0.2, 0.25) is 0 Å². The minimum absolute atomic E-state index is 0. The van der Waals surface area contributed by atoms with Crippen molar-refractivity contribution in [1.82, 2.24) is 0 Å². The molecule has 42 N–H and O–H groups in total. The van der Waals surface area contributed by atoms with Crippen LogP contribution in [0.25, 0.3) is 0 Å². The zero-order valence-electron chi connectivity index (χ0n) is 16.5. The third-order valence-electron chi connectivity index (χ3n) is 0. The van der Waals surface area contributed by atoms with E-state index in [1.54, 1.807) is 0 Å². The fraction of sp³-hybridized carbons (Fsp3) is 0. The fourth-order valence-electron chi connectivity index (χ4n) is 0. The van der Waals surface area contributed by atoms with Crippen molar-refractivity contribution in [3.05, 3.63) is 0 Å². The van der Waals surface area contributed by atoms with Crippen molar-refractivity contribution in [3.63, 3.8) is 0 Å². The third kappa shape index (κ3) is 17100000. The van der Waals surface area contributed by atoms with E-state index in [1.165, 1.54) is 0 Å². The number of hydrogen-bond donors (Lipinski definition) is 6. The molecule has 0 saturated carbocycles. The molecule has 246 valence electrons. The van der Waals surface area contributed by atoms with Gasteiger partial charge in [0.15, 0.2) is 0 Å². The summed E-state index contributed by atoms with van der Waals surface area (Å²) in [6.45, 7) is 0. The molecule has 0 heterocycles. The molecule has 0 aliphatic rings. The zero-order chi connectivity index (χ0) is 13.5. The van der Waals surface area contributed by atoms with Gasteiger partial charge in [0.2, 0.25) is 0 Å². The molecular weight excluding hydrogens is 630 g/mol. The Hall–Kier alpha value is -0.0451. The van der Waals surface area contributed by atoms with Gasteiger partial charge in [-0.05, 0) is 0 Å². The van der Waals surface area contributed by atoms with Crippen LogP contribution in [-0.4, -0.2) is 186 Å². The second-order valence-electron chi connectivity index (χ2n) is 1.34. The monoisotopic (exact) mass is 672 g/mol. The van der Waals surface area contributed by atoms with Crippen LogP contribution >= 0.6 is 0 Å². The maximum Gasteiger partial charge on any atom is 0.394 e. The summed E-state index contributed by atoms with van der Waals surface area (Å²) in [5.41, 5.74) is 0. The van der Waals surface area contributed by atoms with E-state index in [0.717, 1.165) is 0 Å². The highest BCUT2D eigenvalue weighted by atomic mass is 32.3. The van der Waals surface area contributed by atoms with Crippen molar-refractivity contribution in [2.75, 3.05) is 0 Å². The highest BCUT2D eigenvalue weighted by molar-refractivity contribution is 7.80. The molecule has 6 radical (unpaired) electrons. The summed E-state index contributed by atoms with van der Waals surface area (Å²) < 4.78 is 94.8. The lowest BCUT2D eigenvalue weighted by Gasteiger charge is -1.68. The molecule has 0 aromatic rings. The van der Waals surface area contributed by atoms with Crippen molar-refractivity contribution in [2.45, 2.75) is 0 Å². The molecule has 0 aromatic carbocycles. The van der Waals surface area contributed by atoms with Crippen molar-refractivity contribution >= 4 is 65.9 Å². The number of hydrogen-bond acceptors (Lipinski definition) is 6. The van der Waals surface area contributed by atoms with Crippen LogP contribution in [0.5, 0.6) is 0 Å². The summed E-state index contributed by atoms with van der Waals surface area (Å²) in [5.74, 6) is 0. The highest BCUT2D eigenvalue weighted by Crippen LogP contribution is 1.60. The molecule has 0 aromatic heterocycles. The van der Waals surface area contributed by atoms with Gasteiger partial charge in [0.1, 0.15) is 0 Å². The molecule has 0 aliphatic carbocycles. The van der Waals surface area contributed by atoms with E-state index in [4.69, 9.17) is 52.6 Å². The minimum atomic E-state index is -4.67. The van der Waals surface area contributed by atoms with Crippen LogP contribution < -0.4 is 0 Å². The van der Waals surface area contributed by atoms with Crippen molar-refractivity contribution in [2.24, 2.45) is 0 Å². The van der Waals surface area contributed by atoms with E-state index in [1.807, 2.05) is 0 Å². The summed E-state index contributed by atoms with van der Waals surface area (Å²) in [6, 6.07) is 0. The predicted octanol–water partition coefficient (Wildman–Crippen LogP) is -17.6. The van der Waals surface area contributed by atoms with Gasteiger partial charge in [-0.2, -0.15) is 25.3 Å². The lowest BCUT2D eigenvalue weighted by atomic mass is 15.8. The molecule has 30 nitrogen and oxygen atoms in total. The first-order valence-corrected chi connectivity index (χ1v) is 6.29. The average Bonchev–Trinajstić information content (AvgIpc) is 1.41. The summed E-state index contributed by atoms with van der Waals surface area (Å²) in [6.07, 6.45) is 0. The summed E-state index contributed by atoms with van der Waals surface area (Å²) in [4.78, 5) is 0. The molecule has 0 unspecified atom stereocenters. The smallest absolute Gasteiger partial charge is 0.394 e. The first-order chi connectivity index (χ1) is 6.00. The molecular formula is H42Al2O30S3. The topological polar surface area (TPSA) is 791 Å². The molecule has 0 aliphatic heterocycles. The van der Waals surface area contributed by atoms with Gasteiger partial charge >= 0.3 is 31.2 Å². The third-order valence-corrected chi connectivity index (χ3v) is 0. The standard InChI is InChI=1S/2Al.3H2O4S.18H2O/c;;3*1-5(2,3)4;;;;;;;;;;;;;;;;;;/h;;3*(H2,1,2,3,4);18*1H2. The molecule has 0 fully saturated rings. The van der Waals surface area contributed by atoms with Crippen molar-refractivity contribution < 1.29 is 151 Å². The Balaban J connectivity index is -0.00000000229. The lowest BCUT2D eigenvalue weighted by molar-refractivity contribution is 0.378. The number of rotatable bonds is 0. The van der Waals surface area contributed by atoms with Gasteiger partial charge in [0.25, 0.3) is 0 Å². The van der Waals surface area contributed by atoms with Gasteiger partial charge in [-0.25, -0.2) is 0 Å². The van der Waals surface area contributed by atoms with E-state index >= 15 is 0 Å². The van der Waals surface area contributed by atoms with Gasteiger partial charge in [0.05, 0.1) is 0 Å². The van der Waals surface area contributed by atoms with Crippen LogP contribution in [0.1, 0.15) is 0 Å². The summed E-state index contributed by atoms with van der Waals surface area (Å²) >= 11 is 0. The summed E-state index contributed by atoms with van der Waals surface area (Å²) in [7, 11) is -14.0. The fourth-order valence-corrected chi connectivity index (χ4v) is 0. The van der Waals surface area contributed by atoms with E-state index in [-0.39, 0.29) is 133 Å². The lowest BCUT2D eigenvalue weighted by Crippen LogP contribution is -1.89. The van der Waals surface area contributed by atoms with Crippen LogP contribution in [-0.2, 0) is 31.2 Å².